The Bertz CT molecular complexity index is 164. The van der Waals surface area contributed by atoms with E-state index in [1.165, 1.54) is 38.6 Å². The second kappa shape index (κ2) is 6.49. The van der Waals surface area contributed by atoms with Crippen molar-refractivity contribution in [2.24, 2.45) is 11.3 Å². The van der Waals surface area contributed by atoms with Crippen LogP contribution in [0.3, 0.4) is 0 Å². The number of rotatable bonds is 9. The molecule has 1 aliphatic carbocycles. The number of unbranched alkanes of at least 4 members (excludes halogenated alkanes) is 3. The molecule has 1 fully saturated rings. The first-order valence-corrected chi connectivity index (χ1v) is 6.53. The summed E-state index contributed by atoms with van der Waals surface area (Å²) in [4.78, 5) is 0. The summed E-state index contributed by atoms with van der Waals surface area (Å²) < 4.78 is 0. The highest BCUT2D eigenvalue weighted by Crippen LogP contribution is 2.51. The van der Waals surface area contributed by atoms with Crippen LogP contribution >= 0.6 is 0 Å². The highest BCUT2D eigenvalue weighted by molar-refractivity contribution is 4.96. The zero-order valence-electron chi connectivity index (χ0n) is 10.4. The normalized spacial score (nSPS) is 18.4. The van der Waals surface area contributed by atoms with E-state index in [0.29, 0.717) is 12.0 Å². The molecule has 0 aliphatic heterocycles. The van der Waals surface area contributed by atoms with Gasteiger partial charge in [-0.15, -0.1) is 0 Å². The number of aliphatic hydroxyl groups is 1. The molecular formula is C13H27NO. The van der Waals surface area contributed by atoms with E-state index in [1.54, 1.807) is 0 Å². The van der Waals surface area contributed by atoms with Crippen LogP contribution < -0.4 is 5.32 Å². The van der Waals surface area contributed by atoms with E-state index in [4.69, 9.17) is 5.11 Å². The van der Waals surface area contributed by atoms with Crippen molar-refractivity contribution >= 4 is 0 Å². The largest absolute Gasteiger partial charge is 0.396 e. The smallest absolute Gasteiger partial charge is 0.0431 e. The van der Waals surface area contributed by atoms with Gasteiger partial charge < -0.3 is 10.4 Å². The molecule has 1 saturated carbocycles. The van der Waals surface area contributed by atoms with Crippen molar-refractivity contribution in [1.82, 2.24) is 5.32 Å². The third kappa shape index (κ3) is 4.52. The SMILES string of the molecule is CC(C)C1(CNCCCCCCO)CC1. The first-order chi connectivity index (χ1) is 7.21. The fourth-order valence-corrected chi connectivity index (χ4v) is 2.17. The minimum absolute atomic E-state index is 0.351. The maximum Gasteiger partial charge on any atom is 0.0431 e. The van der Waals surface area contributed by atoms with Gasteiger partial charge in [-0.1, -0.05) is 26.7 Å². The van der Waals surface area contributed by atoms with Crippen molar-refractivity contribution in [3.8, 4) is 0 Å². The summed E-state index contributed by atoms with van der Waals surface area (Å²) in [5.74, 6) is 0.833. The zero-order valence-corrected chi connectivity index (χ0v) is 10.4. The van der Waals surface area contributed by atoms with Gasteiger partial charge in [-0.05, 0) is 43.6 Å². The molecule has 0 aromatic heterocycles. The molecular weight excluding hydrogens is 186 g/mol. The predicted molar refractivity (Wildman–Crippen MR) is 64.9 cm³/mol. The van der Waals surface area contributed by atoms with E-state index in [-0.39, 0.29) is 0 Å². The quantitative estimate of drug-likeness (QED) is 0.577. The molecule has 1 rings (SSSR count). The van der Waals surface area contributed by atoms with Crippen LogP contribution in [0.1, 0.15) is 52.4 Å². The van der Waals surface area contributed by atoms with Crippen molar-refractivity contribution in [1.29, 1.82) is 0 Å². The van der Waals surface area contributed by atoms with Crippen LogP contribution in [0.25, 0.3) is 0 Å². The summed E-state index contributed by atoms with van der Waals surface area (Å²) >= 11 is 0. The molecule has 0 bridgehead atoms. The van der Waals surface area contributed by atoms with Crippen LogP contribution in [-0.4, -0.2) is 24.8 Å². The highest BCUT2D eigenvalue weighted by Gasteiger charge is 2.44. The molecule has 0 atom stereocenters. The van der Waals surface area contributed by atoms with Crippen molar-refractivity contribution in [3.63, 3.8) is 0 Å². The molecule has 2 nitrogen and oxygen atoms in total. The Morgan fingerprint density at radius 3 is 2.33 bits per heavy atom. The molecule has 0 saturated heterocycles. The fraction of sp³-hybridized carbons (Fsp3) is 1.00. The number of nitrogens with one attached hydrogen (secondary N) is 1. The molecule has 2 heteroatoms. The van der Waals surface area contributed by atoms with Crippen molar-refractivity contribution in [2.75, 3.05) is 19.7 Å². The monoisotopic (exact) mass is 213 g/mol. The summed E-state index contributed by atoms with van der Waals surface area (Å²) in [6.07, 6.45) is 7.49. The second-order valence-electron chi connectivity index (χ2n) is 5.33. The first-order valence-electron chi connectivity index (χ1n) is 6.53. The van der Waals surface area contributed by atoms with E-state index in [1.807, 2.05) is 0 Å². The highest BCUT2D eigenvalue weighted by atomic mass is 16.2. The van der Waals surface area contributed by atoms with Gasteiger partial charge in [0.25, 0.3) is 0 Å². The van der Waals surface area contributed by atoms with Gasteiger partial charge in [0.2, 0.25) is 0 Å². The Kier molecular flexibility index (Phi) is 5.62. The third-order valence-electron chi connectivity index (χ3n) is 3.86. The van der Waals surface area contributed by atoms with Gasteiger partial charge in [0.05, 0.1) is 0 Å². The van der Waals surface area contributed by atoms with Crippen molar-refractivity contribution in [2.45, 2.75) is 52.4 Å². The molecule has 0 unspecified atom stereocenters. The van der Waals surface area contributed by atoms with Crippen LogP contribution in [0.15, 0.2) is 0 Å². The molecule has 15 heavy (non-hydrogen) atoms. The van der Waals surface area contributed by atoms with Gasteiger partial charge >= 0.3 is 0 Å². The van der Waals surface area contributed by atoms with E-state index in [2.05, 4.69) is 19.2 Å². The van der Waals surface area contributed by atoms with E-state index in [0.717, 1.165) is 18.9 Å². The molecule has 2 N–H and O–H groups in total. The van der Waals surface area contributed by atoms with Crippen LogP contribution in [-0.2, 0) is 0 Å². The zero-order chi connectivity index (χ0) is 11.1. The van der Waals surface area contributed by atoms with Gasteiger partial charge in [-0.2, -0.15) is 0 Å². The van der Waals surface area contributed by atoms with Gasteiger partial charge in [0.15, 0.2) is 0 Å². The standard InChI is InChI=1S/C13H27NO/c1-12(2)13(7-8-13)11-14-9-5-3-4-6-10-15/h12,14-15H,3-11H2,1-2H3. The van der Waals surface area contributed by atoms with E-state index < -0.39 is 0 Å². The molecule has 0 heterocycles. The average molecular weight is 213 g/mol. The molecule has 0 radical (unpaired) electrons. The Hall–Kier alpha value is -0.0800. The van der Waals surface area contributed by atoms with Gasteiger partial charge in [0, 0.05) is 13.2 Å². The Morgan fingerprint density at radius 1 is 1.13 bits per heavy atom. The molecule has 0 aromatic rings. The molecule has 0 aromatic carbocycles. The van der Waals surface area contributed by atoms with E-state index >= 15 is 0 Å². The van der Waals surface area contributed by atoms with Crippen LogP contribution in [0.2, 0.25) is 0 Å². The average Bonchev–Trinajstić information content (AvgIpc) is 2.98. The van der Waals surface area contributed by atoms with Crippen molar-refractivity contribution in [3.05, 3.63) is 0 Å². The lowest BCUT2D eigenvalue weighted by atomic mass is 9.92. The summed E-state index contributed by atoms with van der Waals surface area (Å²) in [6.45, 7) is 7.40. The summed E-state index contributed by atoms with van der Waals surface area (Å²) in [5.41, 5.74) is 0.644. The van der Waals surface area contributed by atoms with Gasteiger partial charge in [0.1, 0.15) is 0 Å². The summed E-state index contributed by atoms with van der Waals surface area (Å²) in [6, 6.07) is 0. The van der Waals surface area contributed by atoms with E-state index in [9.17, 15) is 0 Å². The summed E-state index contributed by atoms with van der Waals surface area (Å²) in [7, 11) is 0. The lowest BCUT2D eigenvalue weighted by Gasteiger charge is -2.19. The maximum absolute atomic E-state index is 8.63. The lowest BCUT2D eigenvalue weighted by molar-refractivity contribution is 0.282. The second-order valence-corrected chi connectivity index (χ2v) is 5.33. The van der Waals surface area contributed by atoms with Crippen molar-refractivity contribution < 1.29 is 5.11 Å². The molecule has 0 amide bonds. The van der Waals surface area contributed by atoms with Crippen LogP contribution in [0.4, 0.5) is 0 Å². The minimum atomic E-state index is 0.351. The summed E-state index contributed by atoms with van der Waals surface area (Å²) in [5, 5.41) is 12.2. The Labute approximate surface area is 94.5 Å². The van der Waals surface area contributed by atoms with Gasteiger partial charge in [-0.3, -0.25) is 0 Å². The molecule has 90 valence electrons. The Morgan fingerprint density at radius 2 is 1.80 bits per heavy atom. The van der Waals surface area contributed by atoms with Crippen LogP contribution in [0.5, 0.6) is 0 Å². The lowest BCUT2D eigenvalue weighted by Crippen LogP contribution is -2.28. The predicted octanol–water partition coefficient (Wildman–Crippen LogP) is 2.56. The number of hydrogen-bond acceptors (Lipinski definition) is 2. The topological polar surface area (TPSA) is 32.3 Å². The molecule has 0 spiro atoms. The number of hydrogen-bond donors (Lipinski definition) is 2. The minimum Gasteiger partial charge on any atom is -0.396 e. The number of aliphatic hydroxyl groups excluding tert-OH is 1. The van der Waals surface area contributed by atoms with Crippen LogP contribution in [0, 0.1) is 11.3 Å². The maximum atomic E-state index is 8.63. The third-order valence-corrected chi connectivity index (χ3v) is 3.86. The fourth-order valence-electron chi connectivity index (χ4n) is 2.17. The Balaban J connectivity index is 1.89. The molecule has 1 aliphatic rings. The van der Waals surface area contributed by atoms with Gasteiger partial charge in [-0.25, -0.2) is 0 Å². The first kappa shape index (κ1) is 13.0.